The van der Waals surface area contributed by atoms with Crippen LogP contribution in [0.25, 0.3) is 5.70 Å². The Morgan fingerprint density at radius 1 is 1.27 bits per heavy atom. The first-order valence-corrected chi connectivity index (χ1v) is 11.3. The Morgan fingerprint density at radius 2 is 2.03 bits per heavy atom. The van der Waals surface area contributed by atoms with Gasteiger partial charge in [0.1, 0.15) is 5.70 Å². The van der Waals surface area contributed by atoms with Gasteiger partial charge in [-0.15, -0.1) is 5.10 Å². The number of hydrogen-bond donors (Lipinski definition) is 2. The summed E-state index contributed by atoms with van der Waals surface area (Å²) in [7, 11) is 0. The van der Waals surface area contributed by atoms with Crippen LogP contribution in [0.5, 0.6) is 0 Å². The summed E-state index contributed by atoms with van der Waals surface area (Å²) in [6.45, 7) is 2.11. The monoisotopic (exact) mass is 486 g/mol. The van der Waals surface area contributed by atoms with Crippen molar-refractivity contribution in [3.63, 3.8) is 0 Å². The molecular weight excluding hydrogens is 468 g/mol. The molecule has 0 aromatic heterocycles. The lowest BCUT2D eigenvalue weighted by Gasteiger charge is -2.34. The van der Waals surface area contributed by atoms with Crippen LogP contribution in [0.4, 0.5) is 0 Å². The SMILES string of the molecule is CCCCSC1=NN2C(=c3cc(Br)ccc3=NC2c2ccc(C(=O)O)cc2)C(=O)N1. The fourth-order valence-electron chi connectivity index (χ4n) is 3.24. The molecule has 1 amide bonds. The fraction of sp³-hybridized carbons (Fsp3) is 0.238. The number of nitrogens with one attached hydrogen (secondary N) is 1. The molecule has 154 valence electrons. The summed E-state index contributed by atoms with van der Waals surface area (Å²) in [5.41, 5.74) is 1.37. The van der Waals surface area contributed by atoms with Crippen LogP contribution in [-0.2, 0) is 4.79 Å². The molecule has 0 aliphatic carbocycles. The first-order chi connectivity index (χ1) is 14.5. The third-order valence-electron chi connectivity index (χ3n) is 4.76. The Morgan fingerprint density at radius 3 is 2.73 bits per heavy atom. The largest absolute Gasteiger partial charge is 0.478 e. The maximum Gasteiger partial charge on any atom is 0.335 e. The van der Waals surface area contributed by atoms with Gasteiger partial charge in [-0.05, 0) is 42.3 Å². The molecule has 1 unspecified atom stereocenters. The molecule has 0 radical (unpaired) electrons. The van der Waals surface area contributed by atoms with Gasteiger partial charge in [-0.1, -0.05) is 53.2 Å². The van der Waals surface area contributed by atoms with E-state index in [1.54, 1.807) is 17.1 Å². The Balaban J connectivity index is 1.83. The van der Waals surface area contributed by atoms with Crippen molar-refractivity contribution < 1.29 is 14.7 Å². The molecule has 0 bridgehead atoms. The zero-order valence-corrected chi connectivity index (χ0v) is 18.5. The van der Waals surface area contributed by atoms with E-state index in [4.69, 9.17) is 4.99 Å². The molecule has 2 aromatic rings. The summed E-state index contributed by atoms with van der Waals surface area (Å²) >= 11 is 4.97. The van der Waals surface area contributed by atoms with Gasteiger partial charge in [-0.25, -0.2) is 9.80 Å². The van der Waals surface area contributed by atoms with Crippen molar-refractivity contribution in [1.29, 1.82) is 0 Å². The molecule has 9 heteroatoms. The maximum atomic E-state index is 13.0. The van der Waals surface area contributed by atoms with E-state index in [2.05, 4.69) is 33.3 Å². The Kier molecular flexibility index (Phi) is 5.92. The second-order valence-corrected chi connectivity index (χ2v) is 8.85. The second-order valence-electron chi connectivity index (χ2n) is 6.85. The normalized spacial score (nSPS) is 17.5. The van der Waals surface area contributed by atoms with Crippen molar-refractivity contribution in [2.45, 2.75) is 25.9 Å². The zero-order chi connectivity index (χ0) is 21.3. The summed E-state index contributed by atoms with van der Waals surface area (Å²) < 4.78 is 0.841. The average molecular weight is 487 g/mol. The van der Waals surface area contributed by atoms with Crippen LogP contribution >= 0.6 is 27.7 Å². The van der Waals surface area contributed by atoms with Crippen molar-refractivity contribution in [2.75, 3.05) is 5.75 Å². The number of carbonyl (C=O) groups is 2. The number of carboxylic acid groups (broad SMARTS) is 1. The van der Waals surface area contributed by atoms with Gasteiger partial charge in [0.25, 0.3) is 5.91 Å². The standard InChI is InChI=1S/C21H19BrN4O3S/c1-2-3-10-30-21-24-19(27)17-15-11-14(22)8-9-16(15)23-18(26(17)25-21)12-4-6-13(7-5-12)20(28)29/h4-9,11,18H,2-3,10H2,1H3,(H,28,29)(H,24,25,27). The highest BCUT2D eigenvalue weighted by Crippen LogP contribution is 2.31. The second kappa shape index (κ2) is 8.61. The van der Waals surface area contributed by atoms with E-state index in [0.717, 1.165) is 28.6 Å². The first kappa shape index (κ1) is 20.6. The molecular formula is C21H19BrN4O3S. The summed E-state index contributed by atoms with van der Waals surface area (Å²) in [6, 6.07) is 12.1. The Bertz CT molecular complexity index is 1160. The molecule has 0 fully saturated rings. The minimum absolute atomic E-state index is 0.193. The zero-order valence-electron chi connectivity index (χ0n) is 16.1. The van der Waals surface area contributed by atoms with E-state index in [1.807, 2.05) is 18.2 Å². The number of hydrazone groups is 1. The number of fused-ring (bicyclic) bond motifs is 2. The van der Waals surface area contributed by atoms with Gasteiger partial charge in [0.2, 0.25) is 0 Å². The minimum Gasteiger partial charge on any atom is -0.478 e. The van der Waals surface area contributed by atoms with E-state index < -0.39 is 12.1 Å². The van der Waals surface area contributed by atoms with Crippen molar-refractivity contribution in [3.8, 4) is 0 Å². The number of thioether (sulfide) groups is 1. The number of rotatable bonds is 5. The summed E-state index contributed by atoms with van der Waals surface area (Å²) in [5, 5.41) is 20.3. The van der Waals surface area contributed by atoms with Gasteiger partial charge in [-0.3, -0.25) is 15.1 Å². The van der Waals surface area contributed by atoms with Crippen LogP contribution in [-0.4, -0.2) is 32.9 Å². The third-order valence-corrected chi connectivity index (χ3v) is 6.21. The molecule has 0 saturated carbocycles. The van der Waals surface area contributed by atoms with E-state index in [-0.39, 0.29) is 11.5 Å². The van der Waals surface area contributed by atoms with Gasteiger partial charge >= 0.3 is 5.97 Å². The van der Waals surface area contributed by atoms with Crippen LogP contribution in [0.3, 0.4) is 0 Å². The molecule has 1 atom stereocenters. The van der Waals surface area contributed by atoms with Gasteiger partial charge < -0.3 is 5.11 Å². The number of carboxylic acids is 1. The summed E-state index contributed by atoms with van der Waals surface area (Å²) in [5.74, 6) is -0.365. The van der Waals surface area contributed by atoms with Crippen molar-refractivity contribution in [1.82, 2.24) is 10.3 Å². The number of amides is 1. The number of amidine groups is 1. The number of halogens is 1. The molecule has 4 rings (SSSR count). The Labute approximate surface area is 185 Å². The first-order valence-electron chi connectivity index (χ1n) is 9.51. The lowest BCUT2D eigenvalue weighted by Crippen LogP contribution is -2.50. The van der Waals surface area contributed by atoms with Gasteiger partial charge in [0, 0.05) is 15.4 Å². The number of benzene rings is 2. The van der Waals surface area contributed by atoms with Crippen LogP contribution in [0.2, 0.25) is 0 Å². The van der Waals surface area contributed by atoms with Crippen LogP contribution < -0.4 is 15.9 Å². The molecule has 0 spiro atoms. The van der Waals surface area contributed by atoms with Crippen LogP contribution in [0.1, 0.15) is 41.9 Å². The fourth-order valence-corrected chi connectivity index (χ4v) is 4.54. The summed E-state index contributed by atoms with van der Waals surface area (Å²) in [4.78, 5) is 29.1. The molecule has 2 heterocycles. The number of unbranched alkanes of at least 4 members (excludes halogenated alkanes) is 1. The molecule has 0 saturated heterocycles. The van der Waals surface area contributed by atoms with Crippen LogP contribution in [0, 0.1) is 0 Å². The van der Waals surface area contributed by atoms with Crippen molar-refractivity contribution in [3.05, 3.63) is 68.6 Å². The van der Waals surface area contributed by atoms with E-state index >= 15 is 0 Å². The van der Waals surface area contributed by atoms with Gasteiger partial charge in [0.15, 0.2) is 11.3 Å². The van der Waals surface area contributed by atoms with E-state index in [1.165, 1.54) is 23.9 Å². The maximum absolute atomic E-state index is 13.0. The number of nitrogens with zero attached hydrogens (tertiary/aromatic N) is 3. The topological polar surface area (TPSA) is 94.4 Å². The molecule has 7 nitrogen and oxygen atoms in total. The minimum atomic E-state index is -0.991. The van der Waals surface area contributed by atoms with E-state index in [0.29, 0.717) is 21.4 Å². The Hall–Kier alpha value is -2.65. The number of aromatic carboxylic acids is 1. The molecule has 2 aromatic carbocycles. The van der Waals surface area contributed by atoms with Crippen molar-refractivity contribution in [2.24, 2.45) is 10.1 Å². The molecule has 30 heavy (non-hydrogen) atoms. The number of carbonyl (C=O) groups excluding carboxylic acids is 1. The molecule has 2 N–H and O–H groups in total. The van der Waals surface area contributed by atoms with Crippen LogP contribution in [0.15, 0.2) is 57.0 Å². The number of hydrogen-bond acceptors (Lipinski definition) is 6. The highest BCUT2D eigenvalue weighted by Gasteiger charge is 2.34. The quantitative estimate of drug-likeness (QED) is 0.633. The highest BCUT2D eigenvalue weighted by molar-refractivity contribution is 9.10. The lowest BCUT2D eigenvalue weighted by molar-refractivity contribution is -0.116. The smallest absolute Gasteiger partial charge is 0.335 e. The lowest BCUT2D eigenvalue weighted by atomic mass is 10.1. The van der Waals surface area contributed by atoms with Crippen molar-refractivity contribution >= 4 is 50.4 Å². The third kappa shape index (κ3) is 3.99. The highest BCUT2D eigenvalue weighted by atomic mass is 79.9. The molecule has 2 aliphatic rings. The average Bonchev–Trinajstić information content (AvgIpc) is 2.73. The predicted octanol–water partition coefficient (Wildman–Crippen LogP) is 2.82. The predicted molar refractivity (Wildman–Crippen MR) is 119 cm³/mol. The van der Waals surface area contributed by atoms with Gasteiger partial charge in [-0.2, -0.15) is 0 Å². The van der Waals surface area contributed by atoms with Gasteiger partial charge in [0.05, 0.1) is 10.9 Å². The summed E-state index contributed by atoms with van der Waals surface area (Å²) in [6.07, 6.45) is 1.52. The molecule has 2 aliphatic heterocycles. The van der Waals surface area contributed by atoms with E-state index in [9.17, 15) is 14.7 Å².